The number of hydrogen-bond acceptors (Lipinski definition) is 3. The first-order valence-corrected chi connectivity index (χ1v) is 9.49. The standard InChI is InChI=1S/C22H24N4O/c27-22(19-7-4-6-18(14-19)16-25-13-10-23-17-25)24-20-8-5-9-21(15-20)26-11-2-1-3-12-26/h4-10,13-15,17H,1-3,11-12,16H2,(H,24,27). The Morgan fingerprint density at radius 1 is 1.04 bits per heavy atom. The van der Waals surface area contributed by atoms with Gasteiger partial charge in [0.15, 0.2) is 0 Å². The minimum Gasteiger partial charge on any atom is -0.371 e. The van der Waals surface area contributed by atoms with Crippen molar-refractivity contribution in [1.29, 1.82) is 0 Å². The zero-order valence-corrected chi connectivity index (χ0v) is 15.3. The normalized spacial score (nSPS) is 14.1. The van der Waals surface area contributed by atoms with E-state index in [4.69, 9.17) is 0 Å². The number of hydrogen-bond donors (Lipinski definition) is 1. The van der Waals surface area contributed by atoms with Crippen molar-refractivity contribution in [2.75, 3.05) is 23.3 Å². The largest absolute Gasteiger partial charge is 0.371 e. The molecule has 1 aromatic heterocycles. The van der Waals surface area contributed by atoms with Gasteiger partial charge < -0.3 is 14.8 Å². The number of rotatable bonds is 5. The lowest BCUT2D eigenvalue weighted by molar-refractivity contribution is 0.102. The molecule has 138 valence electrons. The first kappa shape index (κ1) is 17.3. The van der Waals surface area contributed by atoms with E-state index in [-0.39, 0.29) is 5.91 Å². The zero-order valence-electron chi connectivity index (χ0n) is 15.3. The fourth-order valence-electron chi connectivity index (χ4n) is 3.54. The number of carbonyl (C=O) groups is 1. The molecule has 0 unspecified atom stereocenters. The summed E-state index contributed by atoms with van der Waals surface area (Å²) >= 11 is 0. The van der Waals surface area contributed by atoms with E-state index in [1.165, 1.54) is 24.9 Å². The second kappa shape index (κ2) is 8.08. The summed E-state index contributed by atoms with van der Waals surface area (Å²) in [4.78, 5) is 19.2. The molecule has 0 spiro atoms. The van der Waals surface area contributed by atoms with Gasteiger partial charge in [-0.2, -0.15) is 0 Å². The molecule has 1 amide bonds. The summed E-state index contributed by atoms with van der Waals surface area (Å²) in [6.45, 7) is 2.88. The Labute approximate surface area is 159 Å². The van der Waals surface area contributed by atoms with Gasteiger partial charge in [0, 0.05) is 49.0 Å². The molecule has 0 bridgehead atoms. The molecule has 0 atom stereocenters. The van der Waals surface area contributed by atoms with E-state index < -0.39 is 0 Å². The van der Waals surface area contributed by atoms with Crippen LogP contribution in [0.3, 0.4) is 0 Å². The number of imidazole rings is 1. The fraction of sp³-hybridized carbons (Fsp3) is 0.273. The van der Waals surface area contributed by atoms with Crippen molar-refractivity contribution >= 4 is 17.3 Å². The third-order valence-corrected chi connectivity index (χ3v) is 4.94. The van der Waals surface area contributed by atoms with Gasteiger partial charge in [-0.1, -0.05) is 18.2 Å². The molecule has 5 nitrogen and oxygen atoms in total. The smallest absolute Gasteiger partial charge is 0.255 e. The Hall–Kier alpha value is -3.08. The van der Waals surface area contributed by atoms with Crippen LogP contribution in [0.15, 0.2) is 67.3 Å². The summed E-state index contributed by atoms with van der Waals surface area (Å²) in [6, 6.07) is 15.9. The van der Waals surface area contributed by atoms with Crippen LogP contribution in [0.2, 0.25) is 0 Å². The van der Waals surface area contributed by atoms with Gasteiger partial charge in [0.1, 0.15) is 0 Å². The fourth-order valence-corrected chi connectivity index (χ4v) is 3.54. The minimum absolute atomic E-state index is 0.0849. The van der Waals surface area contributed by atoms with Crippen molar-refractivity contribution in [3.05, 3.63) is 78.4 Å². The van der Waals surface area contributed by atoms with E-state index in [2.05, 4.69) is 27.3 Å². The zero-order chi connectivity index (χ0) is 18.5. The maximum absolute atomic E-state index is 12.7. The lowest BCUT2D eigenvalue weighted by atomic mass is 10.1. The predicted octanol–water partition coefficient (Wildman–Crippen LogP) is 4.17. The molecular formula is C22H24N4O. The van der Waals surface area contributed by atoms with Crippen molar-refractivity contribution in [1.82, 2.24) is 9.55 Å². The molecule has 4 rings (SSSR count). The summed E-state index contributed by atoms with van der Waals surface area (Å²) in [6.07, 6.45) is 9.23. The number of benzene rings is 2. The maximum atomic E-state index is 12.7. The van der Waals surface area contributed by atoms with Crippen molar-refractivity contribution < 1.29 is 4.79 Å². The molecule has 2 aromatic carbocycles. The molecule has 1 saturated heterocycles. The highest BCUT2D eigenvalue weighted by atomic mass is 16.1. The quantitative estimate of drug-likeness (QED) is 0.743. The van der Waals surface area contributed by atoms with E-state index in [1.807, 2.05) is 47.2 Å². The topological polar surface area (TPSA) is 50.2 Å². The first-order valence-electron chi connectivity index (χ1n) is 9.49. The van der Waals surface area contributed by atoms with Crippen LogP contribution >= 0.6 is 0 Å². The Morgan fingerprint density at radius 2 is 1.89 bits per heavy atom. The Kier molecular flexibility index (Phi) is 5.19. The van der Waals surface area contributed by atoms with Gasteiger partial charge in [0.2, 0.25) is 0 Å². The number of piperidine rings is 1. The number of nitrogens with zero attached hydrogens (tertiary/aromatic N) is 3. The van der Waals surface area contributed by atoms with Crippen molar-refractivity contribution in [3.8, 4) is 0 Å². The summed E-state index contributed by atoms with van der Waals surface area (Å²) in [7, 11) is 0. The monoisotopic (exact) mass is 360 g/mol. The van der Waals surface area contributed by atoms with Crippen LogP contribution in [-0.4, -0.2) is 28.5 Å². The minimum atomic E-state index is -0.0849. The van der Waals surface area contributed by atoms with E-state index in [0.29, 0.717) is 12.1 Å². The Morgan fingerprint density at radius 3 is 2.70 bits per heavy atom. The highest BCUT2D eigenvalue weighted by Gasteiger charge is 2.12. The van der Waals surface area contributed by atoms with Crippen LogP contribution in [0.4, 0.5) is 11.4 Å². The van der Waals surface area contributed by atoms with Gasteiger partial charge in [-0.05, 0) is 55.2 Å². The number of aromatic nitrogens is 2. The lowest BCUT2D eigenvalue weighted by Gasteiger charge is -2.29. The Balaban J connectivity index is 1.46. The molecule has 0 aliphatic carbocycles. The van der Waals surface area contributed by atoms with Crippen LogP contribution in [0.25, 0.3) is 0 Å². The maximum Gasteiger partial charge on any atom is 0.255 e. The molecule has 2 heterocycles. The molecule has 1 aliphatic heterocycles. The van der Waals surface area contributed by atoms with E-state index in [9.17, 15) is 4.79 Å². The molecule has 27 heavy (non-hydrogen) atoms. The third kappa shape index (κ3) is 4.37. The third-order valence-electron chi connectivity index (χ3n) is 4.94. The van der Waals surface area contributed by atoms with Gasteiger partial charge in [0.25, 0.3) is 5.91 Å². The summed E-state index contributed by atoms with van der Waals surface area (Å²) in [5.41, 5.74) is 3.75. The number of anilines is 2. The second-order valence-electron chi connectivity index (χ2n) is 6.99. The average molecular weight is 360 g/mol. The summed E-state index contributed by atoms with van der Waals surface area (Å²) < 4.78 is 1.99. The second-order valence-corrected chi connectivity index (χ2v) is 6.99. The van der Waals surface area contributed by atoms with E-state index in [1.54, 1.807) is 12.5 Å². The molecule has 1 N–H and O–H groups in total. The highest BCUT2D eigenvalue weighted by Crippen LogP contribution is 2.23. The van der Waals surface area contributed by atoms with Crippen LogP contribution in [0.5, 0.6) is 0 Å². The summed E-state index contributed by atoms with van der Waals surface area (Å²) in [5.74, 6) is -0.0849. The number of nitrogens with one attached hydrogen (secondary N) is 1. The average Bonchev–Trinajstić information content (AvgIpc) is 3.22. The van der Waals surface area contributed by atoms with Crippen LogP contribution < -0.4 is 10.2 Å². The molecule has 0 radical (unpaired) electrons. The van der Waals surface area contributed by atoms with Crippen molar-refractivity contribution in [2.24, 2.45) is 0 Å². The highest BCUT2D eigenvalue weighted by molar-refractivity contribution is 6.04. The predicted molar refractivity (Wildman–Crippen MR) is 108 cm³/mol. The van der Waals surface area contributed by atoms with Gasteiger partial charge >= 0.3 is 0 Å². The van der Waals surface area contributed by atoms with Gasteiger partial charge in [-0.15, -0.1) is 0 Å². The summed E-state index contributed by atoms with van der Waals surface area (Å²) in [5, 5.41) is 3.04. The first-order chi connectivity index (χ1) is 13.3. The van der Waals surface area contributed by atoms with Gasteiger partial charge in [-0.25, -0.2) is 4.98 Å². The molecular weight excluding hydrogens is 336 g/mol. The van der Waals surface area contributed by atoms with Gasteiger partial charge in [-0.3, -0.25) is 4.79 Å². The van der Waals surface area contributed by atoms with Crippen molar-refractivity contribution in [2.45, 2.75) is 25.8 Å². The number of carbonyl (C=O) groups excluding carboxylic acids is 1. The molecule has 5 heteroatoms. The van der Waals surface area contributed by atoms with Crippen LogP contribution in [0.1, 0.15) is 35.2 Å². The van der Waals surface area contributed by atoms with Crippen LogP contribution in [-0.2, 0) is 6.54 Å². The molecule has 0 saturated carbocycles. The van der Waals surface area contributed by atoms with Crippen LogP contribution in [0, 0.1) is 0 Å². The SMILES string of the molecule is O=C(Nc1cccc(N2CCCCC2)c1)c1cccc(Cn2ccnc2)c1. The van der Waals surface area contributed by atoms with E-state index >= 15 is 0 Å². The van der Waals surface area contributed by atoms with E-state index in [0.717, 1.165) is 24.3 Å². The Bertz CT molecular complexity index is 898. The lowest BCUT2D eigenvalue weighted by Crippen LogP contribution is -2.29. The molecule has 3 aromatic rings. The van der Waals surface area contributed by atoms with Crippen molar-refractivity contribution in [3.63, 3.8) is 0 Å². The van der Waals surface area contributed by atoms with Gasteiger partial charge in [0.05, 0.1) is 6.33 Å². The molecule has 1 fully saturated rings. The number of amides is 1. The molecule has 1 aliphatic rings.